The van der Waals surface area contributed by atoms with Crippen LogP contribution in [0.25, 0.3) is 6.08 Å². The number of rotatable bonds is 7. The molecule has 3 rings (SSSR count). The lowest BCUT2D eigenvalue weighted by Gasteiger charge is -2.21. The number of halogens is 3. The fourth-order valence-corrected chi connectivity index (χ4v) is 4.02. The van der Waals surface area contributed by atoms with Gasteiger partial charge in [-0.25, -0.2) is 0 Å². The fraction of sp³-hybridized carbons (Fsp3) is 0.154. The maximum atomic E-state index is 12.9. The van der Waals surface area contributed by atoms with Gasteiger partial charge in [-0.05, 0) is 72.2 Å². The average molecular weight is 487 g/mol. The third-order valence-corrected chi connectivity index (χ3v) is 5.93. The number of hydrogen-bond donors (Lipinski definition) is 1. The van der Waals surface area contributed by atoms with Crippen molar-refractivity contribution >= 4 is 58.3 Å². The Hall–Kier alpha value is -2.59. The van der Waals surface area contributed by atoms with Gasteiger partial charge in [0.15, 0.2) is 5.78 Å². The Morgan fingerprint density at radius 2 is 1.44 bits per heavy atom. The van der Waals surface area contributed by atoms with Gasteiger partial charge in [-0.3, -0.25) is 9.59 Å². The molecule has 6 heteroatoms. The fourth-order valence-electron chi connectivity index (χ4n) is 3.37. The maximum absolute atomic E-state index is 12.9. The quantitative estimate of drug-likeness (QED) is 0.272. The summed E-state index contributed by atoms with van der Waals surface area (Å²) in [7, 11) is 0. The monoisotopic (exact) mass is 485 g/mol. The number of carbonyl (C=O) groups excluding carboxylic acids is 2. The van der Waals surface area contributed by atoms with Crippen LogP contribution >= 0.6 is 34.8 Å². The molecule has 3 aromatic rings. The Labute approximate surface area is 203 Å². The molecule has 0 radical (unpaired) electrons. The summed E-state index contributed by atoms with van der Waals surface area (Å²) in [6.07, 6.45) is 3.03. The highest BCUT2D eigenvalue weighted by atomic mass is 35.5. The molecule has 0 bridgehead atoms. The number of anilines is 1. The first-order chi connectivity index (χ1) is 15.3. The summed E-state index contributed by atoms with van der Waals surface area (Å²) >= 11 is 18.2. The summed E-state index contributed by atoms with van der Waals surface area (Å²) in [6, 6.07) is 19.2. The third-order valence-electron chi connectivity index (χ3n) is 5.02. The van der Waals surface area contributed by atoms with E-state index in [0.717, 1.165) is 5.56 Å². The molecule has 0 aromatic heterocycles. The minimum absolute atomic E-state index is 0.0961. The van der Waals surface area contributed by atoms with E-state index < -0.39 is 0 Å². The number of amides is 1. The molecule has 0 heterocycles. The maximum Gasteiger partial charge on any atom is 0.232 e. The summed E-state index contributed by atoms with van der Waals surface area (Å²) in [5, 5.41) is 4.51. The van der Waals surface area contributed by atoms with E-state index in [-0.39, 0.29) is 23.5 Å². The number of allylic oxidation sites excluding steroid dienone is 1. The van der Waals surface area contributed by atoms with Crippen LogP contribution < -0.4 is 5.32 Å². The standard InChI is InChI=1S/C26H22Cl3NO2/c1-16(2)25(18-6-10-19(27)11-7-18)26(32)30-20-12-8-17(9-13-20)24(31)15-14-21-22(28)4-3-5-23(21)29/h3-16,25H,1-2H3,(H,30,32)/b15-14-. The predicted molar refractivity (Wildman–Crippen MR) is 134 cm³/mol. The third kappa shape index (κ3) is 6.01. The van der Waals surface area contributed by atoms with Crippen molar-refractivity contribution in [3.8, 4) is 0 Å². The summed E-state index contributed by atoms with van der Waals surface area (Å²) in [6.45, 7) is 4.00. The van der Waals surface area contributed by atoms with Crippen molar-refractivity contribution in [1.29, 1.82) is 0 Å². The molecular weight excluding hydrogens is 465 g/mol. The van der Waals surface area contributed by atoms with Crippen molar-refractivity contribution in [2.24, 2.45) is 5.92 Å². The van der Waals surface area contributed by atoms with Gasteiger partial charge < -0.3 is 5.32 Å². The van der Waals surface area contributed by atoms with E-state index in [0.29, 0.717) is 31.9 Å². The molecular formula is C26H22Cl3NO2. The van der Waals surface area contributed by atoms with E-state index in [1.807, 2.05) is 26.0 Å². The van der Waals surface area contributed by atoms with Gasteiger partial charge in [0.2, 0.25) is 5.91 Å². The highest BCUT2D eigenvalue weighted by Gasteiger charge is 2.24. The molecule has 0 fully saturated rings. The van der Waals surface area contributed by atoms with Crippen LogP contribution in [0.5, 0.6) is 0 Å². The zero-order valence-corrected chi connectivity index (χ0v) is 19.9. The number of benzene rings is 3. The van der Waals surface area contributed by atoms with E-state index in [4.69, 9.17) is 34.8 Å². The highest BCUT2D eigenvalue weighted by Crippen LogP contribution is 2.28. The minimum atomic E-state index is -0.322. The SMILES string of the molecule is CC(C)C(C(=O)Nc1ccc(C(=O)/C=C\c2c(Cl)cccc2Cl)cc1)c1ccc(Cl)cc1. The first-order valence-electron chi connectivity index (χ1n) is 10.1. The van der Waals surface area contributed by atoms with Gasteiger partial charge in [0.05, 0.1) is 5.92 Å². The van der Waals surface area contributed by atoms with Crippen LogP contribution in [0.1, 0.15) is 41.3 Å². The average Bonchev–Trinajstić information content (AvgIpc) is 2.75. The molecule has 1 amide bonds. The topological polar surface area (TPSA) is 46.2 Å². The lowest BCUT2D eigenvalue weighted by Crippen LogP contribution is -2.25. The van der Waals surface area contributed by atoms with Crippen LogP contribution in [0.4, 0.5) is 5.69 Å². The van der Waals surface area contributed by atoms with Gasteiger partial charge in [0.25, 0.3) is 0 Å². The molecule has 0 saturated carbocycles. The lowest BCUT2D eigenvalue weighted by atomic mass is 9.87. The molecule has 164 valence electrons. The van der Waals surface area contributed by atoms with Gasteiger partial charge >= 0.3 is 0 Å². The van der Waals surface area contributed by atoms with Crippen molar-refractivity contribution in [3.05, 3.63) is 105 Å². The second kappa shape index (κ2) is 10.8. The van der Waals surface area contributed by atoms with E-state index in [2.05, 4.69) is 5.32 Å². The van der Waals surface area contributed by atoms with Crippen molar-refractivity contribution in [2.45, 2.75) is 19.8 Å². The Bertz CT molecular complexity index is 1120. The molecule has 1 unspecified atom stereocenters. The van der Waals surface area contributed by atoms with Gasteiger partial charge in [-0.1, -0.05) is 66.8 Å². The first-order valence-corrected chi connectivity index (χ1v) is 11.2. The largest absolute Gasteiger partial charge is 0.326 e. The number of carbonyl (C=O) groups is 2. The van der Waals surface area contributed by atoms with Crippen LogP contribution in [0.2, 0.25) is 15.1 Å². The molecule has 0 aliphatic carbocycles. The van der Waals surface area contributed by atoms with Gasteiger partial charge in [-0.15, -0.1) is 0 Å². The van der Waals surface area contributed by atoms with Crippen molar-refractivity contribution in [1.82, 2.24) is 0 Å². The molecule has 3 nitrogen and oxygen atoms in total. The lowest BCUT2D eigenvalue weighted by molar-refractivity contribution is -0.118. The van der Waals surface area contributed by atoms with Crippen LogP contribution in [0.15, 0.2) is 72.8 Å². The van der Waals surface area contributed by atoms with Crippen molar-refractivity contribution < 1.29 is 9.59 Å². The van der Waals surface area contributed by atoms with Crippen molar-refractivity contribution in [3.63, 3.8) is 0 Å². The molecule has 0 saturated heterocycles. The van der Waals surface area contributed by atoms with E-state index in [9.17, 15) is 9.59 Å². The van der Waals surface area contributed by atoms with Gasteiger partial charge in [0.1, 0.15) is 0 Å². The second-order valence-corrected chi connectivity index (χ2v) is 8.92. The summed E-state index contributed by atoms with van der Waals surface area (Å²) in [5.74, 6) is -0.537. The second-order valence-electron chi connectivity index (χ2n) is 7.67. The molecule has 1 N–H and O–H groups in total. The van der Waals surface area contributed by atoms with E-state index >= 15 is 0 Å². The summed E-state index contributed by atoms with van der Waals surface area (Å²) < 4.78 is 0. The Morgan fingerprint density at radius 1 is 0.844 bits per heavy atom. The first kappa shape index (κ1) is 24.1. The summed E-state index contributed by atoms with van der Waals surface area (Å²) in [5.41, 5.74) is 2.59. The number of ketones is 1. The Balaban J connectivity index is 1.70. The van der Waals surface area contributed by atoms with Crippen LogP contribution in [-0.2, 0) is 4.79 Å². The minimum Gasteiger partial charge on any atom is -0.326 e. The Kier molecular flexibility index (Phi) is 8.14. The molecule has 32 heavy (non-hydrogen) atoms. The summed E-state index contributed by atoms with van der Waals surface area (Å²) in [4.78, 5) is 25.4. The van der Waals surface area contributed by atoms with Crippen LogP contribution in [0.3, 0.4) is 0 Å². The van der Waals surface area contributed by atoms with E-state index in [1.165, 1.54) is 6.08 Å². The zero-order valence-electron chi connectivity index (χ0n) is 17.6. The van der Waals surface area contributed by atoms with Crippen molar-refractivity contribution in [2.75, 3.05) is 5.32 Å². The smallest absolute Gasteiger partial charge is 0.232 e. The van der Waals surface area contributed by atoms with Crippen LogP contribution in [-0.4, -0.2) is 11.7 Å². The van der Waals surface area contributed by atoms with Gasteiger partial charge in [0, 0.05) is 31.9 Å². The normalized spacial score (nSPS) is 12.2. The van der Waals surface area contributed by atoms with Gasteiger partial charge in [-0.2, -0.15) is 0 Å². The molecule has 3 aromatic carbocycles. The zero-order chi connectivity index (χ0) is 23.3. The molecule has 0 aliphatic rings. The van der Waals surface area contributed by atoms with Crippen LogP contribution in [0, 0.1) is 5.92 Å². The molecule has 0 aliphatic heterocycles. The predicted octanol–water partition coefficient (Wildman–Crippen LogP) is 7.92. The van der Waals surface area contributed by atoms with E-state index in [1.54, 1.807) is 60.7 Å². The molecule has 0 spiro atoms. The Morgan fingerprint density at radius 3 is 2.00 bits per heavy atom. The molecule has 1 atom stereocenters. The number of hydrogen-bond acceptors (Lipinski definition) is 2. The highest BCUT2D eigenvalue weighted by molar-refractivity contribution is 6.37. The number of nitrogens with one attached hydrogen (secondary N) is 1.